The van der Waals surface area contributed by atoms with Crippen LogP contribution < -0.4 is 16.4 Å². The number of benzene rings is 1. The number of carbonyl (C=O) groups excluding carboxylic acids is 1. The van der Waals surface area contributed by atoms with Gasteiger partial charge in [-0.25, -0.2) is 0 Å². The molecule has 0 bridgehead atoms. The van der Waals surface area contributed by atoms with E-state index in [2.05, 4.69) is 15.6 Å². The molecule has 7 nitrogen and oxygen atoms in total. The molecule has 2 aromatic heterocycles. The number of furan rings is 1. The zero-order chi connectivity index (χ0) is 18.5. The fraction of sp³-hybridized carbons (Fsp3) is 0.222. The van der Waals surface area contributed by atoms with Gasteiger partial charge in [0.05, 0.1) is 6.54 Å². The number of thiophene rings is 1. The highest BCUT2D eigenvalue weighted by Crippen LogP contribution is 2.29. The number of aliphatic hydroxyl groups is 1. The lowest BCUT2D eigenvalue weighted by molar-refractivity contribution is 0.0972. The molecule has 136 valence electrons. The quantitative estimate of drug-likeness (QED) is 0.390. The van der Waals surface area contributed by atoms with Crippen molar-refractivity contribution < 1.29 is 14.3 Å². The van der Waals surface area contributed by atoms with Crippen LogP contribution >= 0.6 is 11.3 Å². The number of guanidine groups is 1. The third-order valence-electron chi connectivity index (χ3n) is 3.79. The van der Waals surface area contributed by atoms with Crippen molar-refractivity contribution in [3.05, 3.63) is 58.9 Å². The lowest BCUT2D eigenvalue weighted by Gasteiger charge is -2.14. The Morgan fingerprint density at radius 3 is 2.81 bits per heavy atom. The van der Waals surface area contributed by atoms with Crippen molar-refractivity contribution in [3.63, 3.8) is 0 Å². The minimum Gasteiger partial charge on any atom is -0.454 e. The van der Waals surface area contributed by atoms with Gasteiger partial charge in [0, 0.05) is 23.2 Å². The Morgan fingerprint density at radius 1 is 1.31 bits per heavy atom. The van der Waals surface area contributed by atoms with Gasteiger partial charge in [0.25, 0.3) is 5.91 Å². The fourth-order valence-electron chi connectivity index (χ4n) is 2.46. The maximum absolute atomic E-state index is 11.0. The smallest absolute Gasteiger partial charge is 0.284 e. The van der Waals surface area contributed by atoms with E-state index >= 15 is 0 Å². The van der Waals surface area contributed by atoms with Gasteiger partial charge in [-0.1, -0.05) is 18.2 Å². The monoisotopic (exact) mass is 372 g/mol. The highest BCUT2D eigenvalue weighted by atomic mass is 32.1. The van der Waals surface area contributed by atoms with E-state index in [4.69, 9.17) is 10.2 Å². The summed E-state index contributed by atoms with van der Waals surface area (Å²) in [6.45, 7) is 0.656. The van der Waals surface area contributed by atoms with E-state index in [1.54, 1.807) is 24.5 Å². The first-order chi connectivity index (χ1) is 12.6. The van der Waals surface area contributed by atoms with Crippen molar-refractivity contribution in [3.8, 4) is 0 Å². The standard InChI is InChI=1S/C18H20N4O3S/c1-20-18(21-9-12-6-7-14(25-12)17(19)24)22-10-13(23)16-8-11-4-2-3-5-15(11)26-16/h2-8,13,23H,9-10H2,1H3,(H2,19,24)(H2,20,21,22). The fourth-order valence-corrected chi connectivity index (χ4v) is 3.51. The van der Waals surface area contributed by atoms with Crippen molar-refractivity contribution >= 4 is 33.3 Å². The number of fused-ring (bicyclic) bond motifs is 1. The summed E-state index contributed by atoms with van der Waals surface area (Å²) in [5, 5.41) is 17.7. The van der Waals surface area contributed by atoms with Crippen LogP contribution in [0.4, 0.5) is 0 Å². The van der Waals surface area contributed by atoms with E-state index in [0.717, 1.165) is 15.0 Å². The van der Waals surface area contributed by atoms with Gasteiger partial charge in [0.15, 0.2) is 11.7 Å². The molecule has 3 aromatic rings. The molecular formula is C18H20N4O3S. The maximum atomic E-state index is 11.0. The number of hydrogen-bond donors (Lipinski definition) is 4. The summed E-state index contributed by atoms with van der Waals surface area (Å²) in [6, 6.07) is 13.2. The van der Waals surface area contributed by atoms with Gasteiger partial charge in [-0.2, -0.15) is 0 Å². The molecule has 0 radical (unpaired) electrons. The Kier molecular flexibility index (Phi) is 5.55. The van der Waals surface area contributed by atoms with Crippen LogP contribution in [0.25, 0.3) is 10.1 Å². The van der Waals surface area contributed by atoms with Gasteiger partial charge in [-0.3, -0.25) is 9.79 Å². The summed E-state index contributed by atoms with van der Waals surface area (Å²) in [7, 11) is 1.64. The lowest BCUT2D eigenvalue weighted by atomic mass is 10.2. The number of nitrogens with zero attached hydrogens (tertiary/aromatic N) is 1. The first kappa shape index (κ1) is 18.0. The number of amides is 1. The number of nitrogens with one attached hydrogen (secondary N) is 2. The Bertz CT molecular complexity index is 898. The number of carbonyl (C=O) groups is 1. The molecule has 1 unspecified atom stereocenters. The molecule has 0 fully saturated rings. The largest absolute Gasteiger partial charge is 0.454 e. The van der Waals surface area contributed by atoms with Crippen molar-refractivity contribution in [1.29, 1.82) is 0 Å². The molecule has 2 heterocycles. The molecule has 5 N–H and O–H groups in total. The van der Waals surface area contributed by atoms with Gasteiger partial charge < -0.3 is 25.9 Å². The predicted octanol–water partition coefficient (Wildman–Crippen LogP) is 1.99. The van der Waals surface area contributed by atoms with Crippen LogP contribution in [0.15, 0.2) is 51.9 Å². The van der Waals surface area contributed by atoms with E-state index < -0.39 is 12.0 Å². The molecule has 1 atom stereocenters. The van der Waals surface area contributed by atoms with Crippen LogP contribution in [-0.4, -0.2) is 30.6 Å². The molecule has 0 aliphatic heterocycles. The van der Waals surface area contributed by atoms with Crippen LogP contribution in [-0.2, 0) is 6.54 Å². The van der Waals surface area contributed by atoms with E-state index in [0.29, 0.717) is 24.8 Å². The van der Waals surface area contributed by atoms with Crippen molar-refractivity contribution in [2.45, 2.75) is 12.6 Å². The zero-order valence-corrected chi connectivity index (χ0v) is 15.0. The number of nitrogens with two attached hydrogens (primary N) is 1. The highest BCUT2D eigenvalue weighted by Gasteiger charge is 2.12. The zero-order valence-electron chi connectivity index (χ0n) is 14.2. The molecule has 0 saturated carbocycles. The second-order valence-electron chi connectivity index (χ2n) is 5.64. The normalized spacial score (nSPS) is 12.9. The molecule has 0 saturated heterocycles. The Balaban J connectivity index is 1.53. The Hall–Kier alpha value is -2.84. The molecule has 0 aliphatic rings. The number of primary amides is 1. The first-order valence-electron chi connectivity index (χ1n) is 8.06. The molecule has 8 heteroatoms. The van der Waals surface area contributed by atoms with Crippen molar-refractivity contribution in [2.24, 2.45) is 10.7 Å². The summed E-state index contributed by atoms with van der Waals surface area (Å²) < 4.78 is 6.45. The van der Waals surface area contributed by atoms with E-state index in [9.17, 15) is 9.90 Å². The first-order valence-corrected chi connectivity index (χ1v) is 8.88. The average Bonchev–Trinajstić information content (AvgIpc) is 3.28. The van der Waals surface area contributed by atoms with Crippen LogP contribution in [0.3, 0.4) is 0 Å². The summed E-state index contributed by atoms with van der Waals surface area (Å²) >= 11 is 1.57. The van der Waals surface area contributed by atoms with Crippen molar-refractivity contribution in [1.82, 2.24) is 10.6 Å². The van der Waals surface area contributed by atoms with Gasteiger partial charge in [-0.05, 0) is 29.7 Å². The third-order valence-corrected chi connectivity index (χ3v) is 5.01. The molecular weight excluding hydrogens is 352 g/mol. The molecule has 1 aromatic carbocycles. The van der Waals surface area contributed by atoms with Gasteiger partial charge in [0.1, 0.15) is 11.9 Å². The summed E-state index contributed by atoms with van der Waals surface area (Å²) in [6.07, 6.45) is -0.643. The van der Waals surface area contributed by atoms with Crippen LogP contribution in [0, 0.1) is 0 Å². The van der Waals surface area contributed by atoms with Crippen LogP contribution in [0.1, 0.15) is 27.3 Å². The predicted molar refractivity (Wildman–Crippen MR) is 102 cm³/mol. The third kappa shape index (κ3) is 4.22. The van der Waals surface area contributed by atoms with Crippen molar-refractivity contribution in [2.75, 3.05) is 13.6 Å². The Morgan fingerprint density at radius 2 is 2.12 bits per heavy atom. The molecule has 0 spiro atoms. The number of hydrogen-bond acceptors (Lipinski definition) is 5. The number of aliphatic imine (C=N–C) groups is 1. The number of rotatable bonds is 6. The second-order valence-corrected chi connectivity index (χ2v) is 6.75. The van der Waals surface area contributed by atoms with Crippen LogP contribution in [0.5, 0.6) is 0 Å². The molecule has 1 amide bonds. The SMILES string of the molecule is CN=C(NCc1ccc(C(N)=O)o1)NCC(O)c1cc2ccccc2s1. The summed E-state index contributed by atoms with van der Waals surface area (Å²) in [4.78, 5) is 16.0. The van der Waals surface area contributed by atoms with Gasteiger partial charge >= 0.3 is 0 Å². The number of aliphatic hydroxyl groups excluding tert-OH is 1. The van der Waals surface area contributed by atoms with Gasteiger partial charge in [0.2, 0.25) is 0 Å². The minimum absolute atomic E-state index is 0.116. The van der Waals surface area contributed by atoms with Gasteiger partial charge in [-0.15, -0.1) is 11.3 Å². The molecule has 0 aliphatic carbocycles. The minimum atomic E-state index is -0.643. The maximum Gasteiger partial charge on any atom is 0.284 e. The Labute approximate surface area is 154 Å². The van der Waals surface area contributed by atoms with E-state index in [-0.39, 0.29) is 5.76 Å². The second kappa shape index (κ2) is 8.03. The topological polar surface area (TPSA) is 113 Å². The van der Waals surface area contributed by atoms with Crippen LogP contribution in [0.2, 0.25) is 0 Å². The average molecular weight is 372 g/mol. The van der Waals surface area contributed by atoms with E-state index in [1.807, 2.05) is 30.3 Å². The highest BCUT2D eigenvalue weighted by molar-refractivity contribution is 7.19. The molecule has 26 heavy (non-hydrogen) atoms. The molecule has 3 rings (SSSR count). The lowest BCUT2D eigenvalue weighted by Crippen LogP contribution is -2.38. The summed E-state index contributed by atoms with van der Waals surface area (Å²) in [5.74, 6) is 0.587. The summed E-state index contributed by atoms with van der Waals surface area (Å²) in [5.41, 5.74) is 5.16. The van der Waals surface area contributed by atoms with E-state index in [1.165, 1.54) is 6.07 Å².